The smallest absolute Gasteiger partial charge is 0.230 e. The lowest BCUT2D eigenvalue weighted by molar-refractivity contribution is -0.124. The third kappa shape index (κ3) is 14.0. The molecule has 4 N–H and O–H groups in total. The lowest BCUT2D eigenvalue weighted by Gasteiger charge is -2.24. The van der Waals surface area contributed by atoms with E-state index >= 15 is 0 Å². The number of carbonyl (C=O) groups excluding carboxylic acids is 1. The predicted molar refractivity (Wildman–Crippen MR) is 138 cm³/mol. The number of ether oxygens (including phenoxy) is 1. The van der Waals surface area contributed by atoms with Gasteiger partial charge in [-0.25, -0.2) is 0 Å². The molecule has 1 aromatic carbocycles. The summed E-state index contributed by atoms with van der Waals surface area (Å²) in [5.74, 6) is 0.744. The molecule has 0 heterocycles. The maximum absolute atomic E-state index is 12.0. The van der Waals surface area contributed by atoms with Crippen LogP contribution in [-0.4, -0.2) is 33.8 Å². The van der Waals surface area contributed by atoms with Crippen LogP contribution >= 0.6 is 0 Å². The van der Waals surface area contributed by atoms with Gasteiger partial charge in [-0.05, 0) is 62.9 Å². The summed E-state index contributed by atoms with van der Waals surface area (Å²) in [5, 5.41) is 37.8. The van der Waals surface area contributed by atoms with Crippen molar-refractivity contribution in [2.24, 2.45) is 16.7 Å². The fourth-order valence-corrected chi connectivity index (χ4v) is 1.58. The fraction of sp³-hybridized carbons (Fsp3) is 0.630. The van der Waals surface area contributed by atoms with Crippen molar-refractivity contribution in [2.75, 3.05) is 5.32 Å². The van der Waals surface area contributed by atoms with Gasteiger partial charge in [-0.2, -0.15) is 5.26 Å². The van der Waals surface area contributed by atoms with Gasteiger partial charge in [-0.1, -0.05) is 55.0 Å². The van der Waals surface area contributed by atoms with Gasteiger partial charge >= 0.3 is 0 Å². The van der Waals surface area contributed by atoms with Crippen LogP contribution in [0.3, 0.4) is 0 Å². The number of hydrogen-bond donors (Lipinski definition) is 4. The monoisotopic (exact) mass is 478 g/mol. The summed E-state index contributed by atoms with van der Waals surface area (Å²) < 4.78 is 5.27. The third-order valence-corrected chi connectivity index (χ3v) is 5.72. The highest BCUT2D eigenvalue weighted by atomic mass is 16.6. The second-order valence-corrected chi connectivity index (χ2v) is 9.69. The second kappa shape index (κ2) is 16.3. The van der Waals surface area contributed by atoms with Crippen LogP contribution in [-0.2, 0) is 4.79 Å². The highest BCUT2D eigenvalue weighted by molar-refractivity contribution is 5.94. The highest BCUT2D eigenvalue weighted by Crippen LogP contribution is 2.24. The average molecular weight is 479 g/mol. The zero-order valence-corrected chi connectivity index (χ0v) is 22.5. The van der Waals surface area contributed by atoms with E-state index in [1.54, 1.807) is 31.2 Å². The summed E-state index contributed by atoms with van der Waals surface area (Å²) >= 11 is 0. The summed E-state index contributed by atoms with van der Waals surface area (Å²) in [6.07, 6.45) is 0.313. The second-order valence-electron chi connectivity index (χ2n) is 9.69. The molecule has 1 rings (SSSR count). The van der Waals surface area contributed by atoms with Gasteiger partial charge in [0.1, 0.15) is 5.75 Å². The summed E-state index contributed by atoms with van der Waals surface area (Å²) in [6.45, 7) is 20.6. The van der Waals surface area contributed by atoms with Gasteiger partial charge in [0, 0.05) is 22.4 Å². The van der Waals surface area contributed by atoms with E-state index < -0.39 is 18.0 Å². The van der Waals surface area contributed by atoms with Crippen LogP contribution in [0.2, 0.25) is 0 Å². The van der Waals surface area contributed by atoms with Gasteiger partial charge in [0.05, 0.1) is 6.07 Å². The van der Waals surface area contributed by atoms with E-state index in [0.29, 0.717) is 17.0 Å². The number of aliphatic hydroxyl groups is 3. The highest BCUT2D eigenvalue weighted by Gasteiger charge is 2.25. The Bertz CT molecular complexity index is 764. The number of hydrogen-bond acceptors (Lipinski definition) is 6. The van der Waals surface area contributed by atoms with E-state index in [2.05, 4.69) is 18.0 Å². The van der Waals surface area contributed by atoms with Crippen molar-refractivity contribution < 1.29 is 24.9 Å². The Hall–Kier alpha value is -2.40. The minimum Gasteiger partial charge on any atom is -0.461 e. The lowest BCUT2D eigenvalue weighted by Crippen LogP contribution is -2.29. The van der Waals surface area contributed by atoms with Crippen LogP contribution in [0.1, 0.15) is 81.6 Å². The van der Waals surface area contributed by atoms with Crippen molar-refractivity contribution in [3.63, 3.8) is 0 Å². The SMILES string of the molecule is C=C(C)C(O)Oc1ccc(NC(=O)C(C)(C)CC)cc1.CCC(C)(C)C(O)O.CCC(C)C#N. The number of nitrogens with one attached hydrogen (secondary N) is 1. The number of nitriles is 1. The molecule has 0 saturated carbocycles. The molecule has 34 heavy (non-hydrogen) atoms. The molecule has 0 aliphatic rings. The van der Waals surface area contributed by atoms with Crippen molar-refractivity contribution in [2.45, 2.75) is 94.2 Å². The quantitative estimate of drug-likeness (QED) is 0.270. The molecule has 2 atom stereocenters. The van der Waals surface area contributed by atoms with Gasteiger partial charge < -0.3 is 25.4 Å². The van der Waals surface area contributed by atoms with Crippen LogP contribution in [0, 0.1) is 28.1 Å². The molecule has 0 bridgehead atoms. The first-order valence-electron chi connectivity index (χ1n) is 11.7. The topological polar surface area (TPSA) is 123 Å². The molecule has 7 heteroatoms. The Morgan fingerprint density at radius 3 is 1.85 bits per heavy atom. The molecule has 0 fully saturated rings. The number of anilines is 1. The largest absolute Gasteiger partial charge is 0.461 e. The maximum atomic E-state index is 12.0. The van der Waals surface area contributed by atoms with Crippen LogP contribution in [0.5, 0.6) is 5.75 Å². The maximum Gasteiger partial charge on any atom is 0.230 e. The van der Waals surface area contributed by atoms with Crippen molar-refractivity contribution in [1.29, 1.82) is 5.26 Å². The van der Waals surface area contributed by atoms with Gasteiger partial charge in [-0.3, -0.25) is 4.79 Å². The Morgan fingerprint density at radius 2 is 1.59 bits per heavy atom. The van der Waals surface area contributed by atoms with E-state index in [0.717, 1.165) is 19.3 Å². The number of nitrogens with zero attached hydrogens (tertiary/aromatic N) is 1. The van der Waals surface area contributed by atoms with Crippen LogP contribution in [0.4, 0.5) is 5.69 Å². The molecule has 194 valence electrons. The molecule has 7 nitrogen and oxygen atoms in total. The van der Waals surface area contributed by atoms with Gasteiger partial charge in [0.25, 0.3) is 0 Å². The van der Waals surface area contributed by atoms with Crippen molar-refractivity contribution in [3.05, 3.63) is 36.4 Å². The Kier molecular flexibility index (Phi) is 16.2. The zero-order valence-electron chi connectivity index (χ0n) is 22.5. The number of aliphatic hydroxyl groups excluding tert-OH is 2. The summed E-state index contributed by atoms with van der Waals surface area (Å²) in [7, 11) is 0. The predicted octanol–water partition coefficient (Wildman–Crippen LogP) is 5.62. The minimum atomic E-state index is -1.19. The first-order valence-corrected chi connectivity index (χ1v) is 11.7. The van der Waals surface area contributed by atoms with E-state index in [1.807, 2.05) is 55.4 Å². The number of carbonyl (C=O) groups is 1. The number of benzene rings is 1. The summed E-state index contributed by atoms with van der Waals surface area (Å²) in [4.78, 5) is 12.0. The standard InChI is InChI=1S/C16H23NO3.C6H14O2.C5H9N/c1-6-16(4,5)15(19)17-12-7-9-13(10-8-12)20-14(18)11(2)3;1-4-6(2,3)5(7)8;1-3-5(2)4-6/h7-10,14,18H,2,6H2,1,3-5H3,(H,17,19);5,7-8H,4H2,1-3H3;5H,3H2,1-2H3. The number of amides is 1. The fourth-order valence-electron chi connectivity index (χ4n) is 1.58. The molecule has 2 unspecified atom stereocenters. The van der Waals surface area contributed by atoms with Gasteiger partial charge in [-0.15, -0.1) is 0 Å². The van der Waals surface area contributed by atoms with Crippen LogP contribution in [0.15, 0.2) is 36.4 Å². The molecule has 0 aliphatic heterocycles. The van der Waals surface area contributed by atoms with Crippen molar-refractivity contribution >= 4 is 11.6 Å². The van der Waals surface area contributed by atoms with Gasteiger partial charge in [0.2, 0.25) is 12.2 Å². The van der Waals surface area contributed by atoms with E-state index in [4.69, 9.17) is 20.2 Å². The lowest BCUT2D eigenvalue weighted by atomic mass is 9.89. The Labute approximate surface area is 206 Å². The van der Waals surface area contributed by atoms with Crippen LogP contribution < -0.4 is 10.1 Å². The molecule has 0 radical (unpaired) electrons. The molecular formula is C27H46N2O5. The molecular weight excluding hydrogens is 432 g/mol. The van der Waals surface area contributed by atoms with Crippen LogP contribution in [0.25, 0.3) is 0 Å². The Morgan fingerprint density at radius 1 is 1.09 bits per heavy atom. The molecule has 0 aromatic heterocycles. The third-order valence-electron chi connectivity index (χ3n) is 5.72. The van der Waals surface area contributed by atoms with Gasteiger partial charge in [0.15, 0.2) is 6.29 Å². The average Bonchev–Trinajstić information content (AvgIpc) is 2.80. The van der Waals surface area contributed by atoms with E-state index in [1.165, 1.54) is 0 Å². The first-order chi connectivity index (χ1) is 15.6. The summed E-state index contributed by atoms with van der Waals surface area (Å²) in [6, 6.07) is 8.99. The van der Waals surface area contributed by atoms with Crippen molar-refractivity contribution in [3.8, 4) is 11.8 Å². The molecule has 1 aromatic rings. The molecule has 0 aliphatic carbocycles. The molecule has 0 saturated heterocycles. The molecule has 0 spiro atoms. The van der Waals surface area contributed by atoms with Crippen molar-refractivity contribution in [1.82, 2.24) is 0 Å². The molecule has 1 amide bonds. The normalized spacial score (nSPS) is 12.7. The first kappa shape index (κ1) is 33.8. The number of rotatable bonds is 9. The van der Waals surface area contributed by atoms with E-state index in [-0.39, 0.29) is 17.2 Å². The van der Waals surface area contributed by atoms with E-state index in [9.17, 15) is 9.90 Å². The minimum absolute atomic E-state index is 0.0179. The Balaban J connectivity index is 0. The zero-order chi connectivity index (χ0) is 27.1. The summed E-state index contributed by atoms with van der Waals surface area (Å²) in [5.41, 5.74) is 0.492.